The van der Waals surface area contributed by atoms with Gasteiger partial charge in [0, 0.05) is 12.5 Å². The lowest BCUT2D eigenvalue weighted by atomic mass is 10.2. The molecule has 0 spiro atoms. The Kier molecular flexibility index (Phi) is 2.08. The first-order valence-corrected chi connectivity index (χ1v) is 3.53. The number of hydrogen-bond donors (Lipinski definition) is 0. The zero-order chi connectivity index (χ0) is 8.43. The van der Waals surface area contributed by atoms with Gasteiger partial charge in [-0.3, -0.25) is 4.79 Å². The molecule has 11 heavy (non-hydrogen) atoms. The molecule has 1 aliphatic rings. The molecule has 1 saturated carbocycles. The molecule has 0 radical (unpaired) electrons. The van der Waals surface area contributed by atoms with Crippen LogP contribution in [0, 0.1) is 5.92 Å². The quantitative estimate of drug-likeness (QED) is 0.339. The van der Waals surface area contributed by atoms with Crippen molar-refractivity contribution in [2.75, 3.05) is 0 Å². The minimum absolute atomic E-state index is 0.266. The van der Waals surface area contributed by atoms with Gasteiger partial charge in [0.1, 0.15) is 0 Å². The largest absolute Gasteiger partial charge is 0.390 e. The van der Waals surface area contributed by atoms with E-state index in [0.717, 1.165) is 12.8 Å². The summed E-state index contributed by atoms with van der Waals surface area (Å²) in [6, 6.07) is 0. The van der Waals surface area contributed by atoms with Gasteiger partial charge >= 0.3 is 11.9 Å². The highest BCUT2D eigenvalue weighted by Gasteiger charge is 2.30. The Morgan fingerprint density at radius 3 is 2.36 bits per heavy atom. The van der Waals surface area contributed by atoms with Crippen molar-refractivity contribution in [3.63, 3.8) is 0 Å². The number of rotatable bonds is 2. The number of hydrogen-bond acceptors (Lipinski definition) is 3. The van der Waals surface area contributed by atoms with Crippen LogP contribution >= 0.6 is 0 Å². The van der Waals surface area contributed by atoms with E-state index in [-0.39, 0.29) is 5.92 Å². The molecule has 0 heterocycles. The molecule has 0 saturated heterocycles. The van der Waals surface area contributed by atoms with Crippen molar-refractivity contribution in [3.05, 3.63) is 12.2 Å². The van der Waals surface area contributed by atoms with Gasteiger partial charge in [0.2, 0.25) is 0 Å². The Hall–Kier alpha value is -1.12. The van der Waals surface area contributed by atoms with Crippen LogP contribution in [0.3, 0.4) is 0 Å². The Balaban J connectivity index is 2.40. The van der Waals surface area contributed by atoms with E-state index < -0.39 is 11.9 Å². The molecule has 1 rings (SSSR count). The van der Waals surface area contributed by atoms with Crippen molar-refractivity contribution in [1.82, 2.24) is 0 Å². The fourth-order valence-electron chi connectivity index (χ4n) is 0.795. The fraction of sp³-hybridized carbons (Fsp3) is 0.500. The second-order valence-electron chi connectivity index (χ2n) is 2.68. The van der Waals surface area contributed by atoms with E-state index in [1.54, 1.807) is 0 Å². The number of ether oxygens (including phenoxy) is 1. The van der Waals surface area contributed by atoms with Crippen LogP contribution in [-0.4, -0.2) is 11.9 Å². The molecule has 3 heteroatoms. The van der Waals surface area contributed by atoms with E-state index in [1.165, 1.54) is 6.92 Å². The highest BCUT2D eigenvalue weighted by atomic mass is 16.6. The van der Waals surface area contributed by atoms with Crippen LogP contribution in [0.15, 0.2) is 12.2 Å². The van der Waals surface area contributed by atoms with Gasteiger partial charge < -0.3 is 4.74 Å². The molecule has 60 valence electrons. The van der Waals surface area contributed by atoms with Gasteiger partial charge in [0.15, 0.2) is 0 Å². The minimum atomic E-state index is -0.572. The highest BCUT2D eigenvalue weighted by molar-refractivity contribution is 5.95. The molecule has 0 amide bonds. The first kappa shape index (κ1) is 7.98. The summed E-state index contributed by atoms with van der Waals surface area (Å²) in [6.07, 6.45) is 1.98. The van der Waals surface area contributed by atoms with Crippen LogP contribution in [0.25, 0.3) is 0 Å². The molecule has 1 aliphatic carbocycles. The second kappa shape index (κ2) is 2.86. The molecule has 0 unspecified atom stereocenters. The third-order valence-electron chi connectivity index (χ3n) is 1.57. The monoisotopic (exact) mass is 154 g/mol. The van der Waals surface area contributed by atoms with E-state index in [2.05, 4.69) is 11.3 Å². The van der Waals surface area contributed by atoms with Crippen molar-refractivity contribution in [2.45, 2.75) is 19.8 Å². The van der Waals surface area contributed by atoms with Crippen LogP contribution in [0.2, 0.25) is 0 Å². The lowest BCUT2D eigenvalue weighted by Crippen LogP contribution is -2.11. The van der Waals surface area contributed by atoms with Gasteiger partial charge in [-0.25, -0.2) is 4.79 Å². The minimum Gasteiger partial charge on any atom is -0.390 e. The predicted molar refractivity (Wildman–Crippen MR) is 38.6 cm³/mol. The van der Waals surface area contributed by atoms with Gasteiger partial charge in [0.25, 0.3) is 0 Å². The maximum Gasteiger partial charge on any atom is 0.341 e. The molecule has 0 atom stereocenters. The van der Waals surface area contributed by atoms with Crippen molar-refractivity contribution >= 4 is 11.9 Å². The molecule has 0 aliphatic heterocycles. The third-order valence-corrected chi connectivity index (χ3v) is 1.57. The topological polar surface area (TPSA) is 43.4 Å². The molecular formula is C8H10O3. The molecule has 1 fully saturated rings. The van der Waals surface area contributed by atoms with Crippen molar-refractivity contribution in [3.8, 4) is 0 Å². The average molecular weight is 154 g/mol. The summed E-state index contributed by atoms with van der Waals surface area (Å²) in [5.41, 5.74) is 0.431. The van der Waals surface area contributed by atoms with Crippen LogP contribution in [0.5, 0.6) is 0 Å². The third kappa shape index (κ3) is 2.18. The summed E-state index contributed by atoms with van der Waals surface area (Å²) in [5, 5.41) is 0. The van der Waals surface area contributed by atoms with E-state index in [0.29, 0.717) is 5.57 Å². The number of esters is 2. The molecule has 0 aromatic heterocycles. The zero-order valence-corrected chi connectivity index (χ0v) is 6.42. The second-order valence-corrected chi connectivity index (χ2v) is 2.68. The van der Waals surface area contributed by atoms with Crippen LogP contribution in [-0.2, 0) is 14.3 Å². The lowest BCUT2D eigenvalue weighted by molar-refractivity contribution is -0.155. The lowest BCUT2D eigenvalue weighted by Gasteiger charge is -1.99. The Bertz CT molecular complexity index is 213. The number of carbonyl (C=O) groups is 2. The Morgan fingerprint density at radius 1 is 1.45 bits per heavy atom. The molecule has 0 bridgehead atoms. The van der Waals surface area contributed by atoms with Crippen LogP contribution < -0.4 is 0 Å². The summed E-state index contributed by atoms with van der Waals surface area (Å²) in [5.74, 6) is -0.876. The number of carbonyl (C=O) groups excluding carboxylic acids is 2. The molecule has 0 aromatic rings. The highest BCUT2D eigenvalue weighted by Crippen LogP contribution is 2.35. The summed E-state index contributed by atoms with van der Waals surface area (Å²) in [7, 11) is 0. The average Bonchev–Trinajstić information content (AvgIpc) is 2.65. The van der Waals surface area contributed by atoms with Gasteiger partial charge in [-0.05, 0) is 18.8 Å². The predicted octanol–water partition coefficient (Wildman–Crippen LogP) is 1.04. The summed E-state index contributed by atoms with van der Waals surface area (Å²) in [6.45, 7) is 4.75. The van der Waals surface area contributed by atoms with E-state index in [1.807, 2.05) is 0 Å². The maximum atomic E-state index is 10.9. The van der Waals surface area contributed by atoms with Gasteiger partial charge in [-0.15, -0.1) is 0 Å². The molecular weight excluding hydrogens is 144 g/mol. The fourth-order valence-corrected chi connectivity index (χ4v) is 0.795. The summed E-state index contributed by atoms with van der Waals surface area (Å²) in [4.78, 5) is 21.2. The van der Waals surface area contributed by atoms with Gasteiger partial charge in [-0.1, -0.05) is 6.58 Å². The Morgan fingerprint density at radius 2 is 2.00 bits per heavy atom. The smallest absolute Gasteiger partial charge is 0.341 e. The van der Waals surface area contributed by atoms with Crippen molar-refractivity contribution in [2.24, 2.45) is 5.92 Å². The van der Waals surface area contributed by atoms with E-state index in [9.17, 15) is 9.59 Å². The molecule has 0 aromatic carbocycles. The first-order chi connectivity index (χ1) is 5.11. The van der Waals surface area contributed by atoms with Crippen LogP contribution in [0.1, 0.15) is 19.8 Å². The van der Waals surface area contributed by atoms with Crippen molar-refractivity contribution < 1.29 is 14.3 Å². The van der Waals surface area contributed by atoms with Crippen LogP contribution in [0.4, 0.5) is 0 Å². The zero-order valence-electron chi connectivity index (χ0n) is 6.42. The summed E-state index contributed by atoms with van der Waals surface area (Å²) < 4.78 is 4.34. The van der Waals surface area contributed by atoms with Crippen molar-refractivity contribution in [1.29, 1.82) is 0 Å². The van der Waals surface area contributed by atoms with E-state index >= 15 is 0 Å². The SMILES string of the molecule is C=C(C(=O)OC(C)=O)C1CC1. The normalized spacial score (nSPS) is 15.7. The molecule has 0 N–H and O–H groups in total. The van der Waals surface area contributed by atoms with E-state index in [4.69, 9.17) is 0 Å². The maximum absolute atomic E-state index is 10.9. The van der Waals surface area contributed by atoms with Gasteiger partial charge in [0.05, 0.1) is 0 Å². The Labute approximate surface area is 65.0 Å². The standard InChI is InChI=1S/C8H10O3/c1-5(7-3-4-7)8(10)11-6(2)9/h7H,1,3-4H2,2H3. The summed E-state index contributed by atoms with van der Waals surface area (Å²) >= 11 is 0. The first-order valence-electron chi connectivity index (χ1n) is 3.53. The molecule has 3 nitrogen and oxygen atoms in total. The van der Waals surface area contributed by atoms with Gasteiger partial charge in [-0.2, -0.15) is 0 Å².